The van der Waals surface area contributed by atoms with Crippen LogP contribution in [0.25, 0.3) is 0 Å². The highest BCUT2D eigenvalue weighted by molar-refractivity contribution is 7.89. The van der Waals surface area contributed by atoms with Crippen LogP contribution in [0.3, 0.4) is 0 Å². The minimum Gasteiger partial charge on any atom is -0.356 e. The molecule has 1 aliphatic rings. The third-order valence-corrected chi connectivity index (χ3v) is 6.95. The van der Waals surface area contributed by atoms with Gasteiger partial charge in [0.2, 0.25) is 15.9 Å². The summed E-state index contributed by atoms with van der Waals surface area (Å²) in [5, 5.41) is 2.30. The molecule has 28 heavy (non-hydrogen) atoms. The number of alkyl halides is 3. The van der Waals surface area contributed by atoms with E-state index in [0.717, 1.165) is 22.9 Å². The van der Waals surface area contributed by atoms with Crippen LogP contribution >= 0.6 is 11.6 Å². The van der Waals surface area contributed by atoms with E-state index >= 15 is 0 Å². The lowest BCUT2D eigenvalue weighted by Crippen LogP contribution is -2.43. The number of hydrogen-bond donors (Lipinski definition) is 1. The second-order valence-corrected chi connectivity index (χ2v) is 9.64. The van der Waals surface area contributed by atoms with Crippen LogP contribution in [0.5, 0.6) is 0 Å². The second kappa shape index (κ2) is 9.00. The lowest BCUT2D eigenvalue weighted by molar-refractivity contribution is -0.137. The molecule has 1 saturated heterocycles. The smallest absolute Gasteiger partial charge is 0.356 e. The summed E-state index contributed by atoms with van der Waals surface area (Å²) in [5.41, 5.74) is -1.19. The quantitative estimate of drug-likeness (QED) is 0.729. The SMILES string of the molecule is CC(C)CCNC(=O)C1CCN(S(=O)(=O)c2ccc(Cl)c(C(F)(F)F)c2)CC1. The number of nitrogens with one attached hydrogen (secondary N) is 1. The molecule has 0 bridgehead atoms. The summed E-state index contributed by atoms with van der Waals surface area (Å²) in [5.74, 6) is 0.0615. The number of carbonyl (C=O) groups excluding carboxylic acids is 1. The molecule has 0 saturated carbocycles. The van der Waals surface area contributed by atoms with Crippen molar-refractivity contribution in [2.24, 2.45) is 11.8 Å². The van der Waals surface area contributed by atoms with Crippen LogP contribution in [0.4, 0.5) is 13.2 Å². The van der Waals surface area contributed by atoms with Gasteiger partial charge in [0, 0.05) is 25.6 Å². The zero-order valence-electron chi connectivity index (χ0n) is 15.7. The Bertz CT molecular complexity index is 805. The molecule has 0 spiro atoms. The third-order valence-electron chi connectivity index (χ3n) is 4.73. The molecule has 1 aromatic rings. The van der Waals surface area contributed by atoms with Crippen molar-refractivity contribution in [1.82, 2.24) is 9.62 Å². The van der Waals surface area contributed by atoms with Crippen LogP contribution in [-0.2, 0) is 21.0 Å². The molecule has 1 aromatic carbocycles. The molecule has 1 amide bonds. The number of sulfonamides is 1. The number of hydrogen-bond acceptors (Lipinski definition) is 3. The second-order valence-electron chi connectivity index (χ2n) is 7.29. The molecule has 5 nitrogen and oxygen atoms in total. The van der Waals surface area contributed by atoms with Crippen molar-refractivity contribution < 1.29 is 26.4 Å². The average Bonchev–Trinajstić information content (AvgIpc) is 2.60. The van der Waals surface area contributed by atoms with Gasteiger partial charge in [-0.15, -0.1) is 0 Å². The minimum atomic E-state index is -4.75. The van der Waals surface area contributed by atoms with Gasteiger partial charge in [-0.2, -0.15) is 17.5 Å². The zero-order valence-corrected chi connectivity index (χ0v) is 17.3. The number of halogens is 4. The minimum absolute atomic E-state index is 0.0780. The van der Waals surface area contributed by atoms with Gasteiger partial charge in [-0.1, -0.05) is 25.4 Å². The van der Waals surface area contributed by atoms with E-state index in [1.165, 1.54) is 0 Å². The van der Waals surface area contributed by atoms with E-state index in [1.54, 1.807) is 0 Å². The van der Waals surface area contributed by atoms with E-state index in [1.807, 2.05) is 0 Å². The molecule has 1 aliphatic heterocycles. The molecule has 0 aromatic heterocycles. The molecule has 10 heteroatoms. The maximum Gasteiger partial charge on any atom is 0.417 e. The summed E-state index contributed by atoms with van der Waals surface area (Å²) in [4.78, 5) is 11.7. The van der Waals surface area contributed by atoms with Gasteiger partial charge in [0.1, 0.15) is 0 Å². The number of carbonyl (C=O) groups is 1. The maximum atomic E-state index is 13.0. The zero-order chi connectivity index (χ0) is 21.1. The number of amides is 1. The Balaban J connectivity index is 2.04. The van der Waals surface area contributed by atoms with Crippen molar-refractivity contribution in [3.8, 4) is 0 Å². The summed E-state index contributed by atoms with van der Waals surface area (Å²) in [6.07, 6.45) is -3.24. The van der Waals surface area contributed by atoms with E-state index in [0.29, 0.717) is 31.4 Å². The Morgan fingerprint density at radius 2 is 1.89 bits per heavy atom. The van der Waals surface area contributed by atoms with E-state index in [-0.39, 0.29) is 24.9 Å². The molecule has 158 valence electrons. The summed E-state index contributed by atoms with van der Waals surface area (Å²) in [7, 11) is -4.10. The monoisotopic (exact) mass is 440 g/mol. The van der Waals surface area contributed by atoms with Gasteiger partial charge in [-0.25, -0.2) is 8.42 Å². The van der Waals surface area contributed by atoms with Gasteiger partial charge in [0.15, 0.2) is 0 Å². The molecule has 1 heterocycles. The third kappa shape index (κ3) is 5.61. The molecular weight excluding hydrogens is 417 g/mol. The number of benzene rings is 1. The molecule has 0 radical (unpaired) electrons. The van der Waals surface area contributed by atoms with Gasteiger partial charge in [-0.3, -0.25) is 4.79 Å². The highest BCUT2D eigenvalue weighted by Crippen LogP contribution is 2.36. The van der Waals surface area contributed by atoms with Crippen molar-refractivity contribution in [2.45, 2.75) is 44.2 Å². The van der Waals surface area contributed by atoms with E-state index in [9.17, 15) is 26.4 Å². The topological polar surface area (TPSA) is 66.5 Å². The molecule has 1 fully saturated rings. The number of piperidine rings is 1. The van der Waals surface area contributed by atoms with Crippen molar-refractivity contribution in [3.05, 3.63) is 28.8 Å². The van der Waals surface area contributed by atoms with Gasteiger partial charge < -0.3 is 5.32 Å². The molecule has 2 rings (SSSR count). The predicted molar refractivity (Wildman–Crippen MR) is 100 cm³/mol. The van der Waals surface area contributed by atoms with Crippen LogP contribution < -0.4 is 5.32 Å². The van der Waals surface area contributed by atoms with Crippen LogP contribution in [0.1, 0.15) is 38.7 Å². The Morgan fingerprint density at radius 1 is 1.29 bits per heavy atom. The highest BCUT2D eigenvalue weighted by Gasteiger charge is 2.37. The first-order chi connectivity index (χ1) is 12.9. The Labute approximate surface area is 168 Å². The average molecular weight is 441 g/mol. The molecule has 0 unspecified atom stereocenters. The van der Waals surface area contributed by atoms with Gasteiger partial charge in [0.25, 0.3) is 0 Å². The largest absolute Gasteiger partial charge is 0.417 e. The van der Waals surface area contributed by atoms with Crippen molar-refractivity contribution in [2.75, 3.05) is 19.6 Å². The first kappa shape index (κ1) is 23.0. The highest BCUT2D eigenvalue weighted by atomic mass is 35.5. The summed E-state index contributed by atoms with van der Waals surface area (Å²) < 4.78 is 65.6. The van der Waals surface area contributed by atoms with Crippen LogP contribution in [0.2, 0.25) is 5.02 Å². The number of nitrogens with zero attached hydrogens (tertiary/aromatic N) is 1. The van der Waals surface area contributed by atoms with Crippen molar-refractivity contribution in [1.29, 1.82) is 0 Å². The molecule has 0 aliphatic carbocycles. The van der Waals surface area contributed by atoms with E-state index in [4.69, 9.17) is 11.6 Å². The molecular formula is C18H24ClF3N2O3S. The van der Waals surface area contributed by atoms with Crippen molar-refractivity contribution in [3.63, 3.8) is 0 Å². The number of rotatable bonds is 6. The standard InChI is InChI=1S/C18H24ClF3N2O3S/c1-12(2)5-8-23-17(25)13-6-9-24(10-7-13)28(26,27)14-3-4-16(19)15(11-14)18(20,21)22/h3-4,11-13H,5-10H2,1-2H3,(H,23,25). The Kier molecular flexibility index (Phi) is 7.38. The van der Waals surface area contributed by atoms with Crippen LogP contribution in [0, 0.1) is 11.8 Å². The fourth-order valence-electron chi connectivity index (χ4n) is 3.02. The molecule has 0 atom stereocenters. The first-order valence-corrected chi connectivity index (χ1v) is 10.9. The predicted octanol–water partition coefficient (Wildman–Crippen LogP) is 3.92. The fraction of sp³-hybridized carbons (Fsp3) is 0.611. The van der Waals surface area contributed by atoms with Gasteiger partial charge in [0.05, 0.1) is 15.5 Å². The summed E-state index contributed by atoms with van der Waals surface area (Å²) >= 11 is 5.56. The van der Waals surface area contributed by atoms with Gasteiger partial charge in [-0.05, 0) is 43.4 Å². The van der Waals surface area contributed by atoms with Crippen molar-refractivity contribution >= 4 is 27.5 Å². The maximum absolute atomic E-state index is 13.0. The lowest BCUT2D eigenvalue weighted by atomic mass is 9.97. The first-order valence-electron chi connectivity index (χ1n) is 9.07. The van der Waals surface area contributed by atoms with E-state index < -0.39 is 31.7 Å². The van der Waals surface area contributed by atoms with E-state index in [2.05, 4.69) is 19.2 Å². The lowest BCUT2D eigenvalue weighted by Gasteiger charge is -2.30. The molecule has 1 N–H and O–H groups in total. The van der Waals surface area contributed by atoms with Gasteiger partial charge >= 0.3 is 6.18 Å². The summed E-state index contributed by atoms with van der Waals surface area (Å²) in [6.45, 7) is 4.83. The summed E-state index contributed by atoms with van der Waals surface area (Å²) in [6, 6.07) is 2.56. The van der Waals surface area contributed by atoms with Crippen LogP contribution in [0.15, 0.2) is 23.1 Å². The Hall–Kier alpha value is -1.32. The van der Waals surface area contributed by atoms with Crippen LogP contribution in [-0.4, -0.2) is 38.3 Å². The normalized spacial score (nSPS) is 17.1. The fourth-order valence-corrected chi connectivity index (χ4v) is 4.74. The Morgan fingerprint density at radius 3 is 2.43 bits per heavy atom.